The van der Waals surface area contributed by atoms with Crippen LogP contribution in [-0.4, -0.2) is 55.1 Å². The maximum atomic E-state index is 13.4. The minimum Gasteiger partial charge on any atom is -0.493 e. The quantitative estimate of drug-likeness (QED) is 0.418. The summed E-state index contributed by atoms with van der Waals surface area (Å²) in [5.41, 5.74) is 4.55. The van der Waals surface area contributed by atoms with Crippen LogP contribution in [0.5, 0.6) is 11.5 Å². The second-order valence-electron chi connectivity index (χ2n) is 8.67. The highest BCUT2D eigenvalue weighted by molar-refractivity contribution is 7.91. The highest BCUT2D eigenvalue weighted by Crippen LogP contribution is 2.46. The summed E-state index contributed by atoms with van der Waals surface area (Å²) in [5, 5.41) is 7.18. The Morgan fingerprint density at radius 1 is 1.06 bits per heavy atom. The standard InChI is InChI=1S/C27H32ClN3O4S/c1-5-20-23(31-13-11-29-12-14-31)17-21(18-15-22(28)26(35-3)24(16-18)34-2)27(36(4,32)33)25(20)30-19-9-7-6-8-10-19/h6-10,15-17,29-30H,5,11-14H2,1-4H3. The van der Waals surface area contributed by atoms with Crippen molar-refractivity contribution in [1.82, 2.24) is 5.32 Å². The average molecular weight is 530 g/mol. The molecule has 36 heavy (non-hydrogen) atoms. The predicted octanol–water partition coefficient (Wildman–Crippen LogP) is 5.14. The molecule has 0 amide bonds. The van der Waals surface area contributed by atoms with Crippen molar-refractivity contribution in [2.75, 3.05) is 56.9 Å². The van der Waals surface area contributed by atoms with E-state index in [1.54, 1.807) is 12.1 Å². The van der Waals surface area contributed by atoms with Gasteiger partial charge in [0.05, 0.1) is 29.8 Å². The molecule has 1 saturated heterocycles. The lowest BCUT2D eigenvalue weighted by Gasteiger charge is -2.33. The molecule has 1 fully saturated rings. The van der Waals surface area contributed by atoms with E-state index in [1.165, 1.54) is 20.5 Å². The molecule has 1 heterocycles. The van der Waals surface area contributed by atoms with Gasteiger partial charge < -0.3 is 25.0 Å². The van der Waals surface area contributed by atoms with Crippen molar-refractivity contribution in [2.24, 2.45) is 0 Å². The molecule has 0 bridgehead atoms. The molecule has 1 aliphatic heterocycles. The fraction of sp³-hybridized carbons (Fsp3) is 0.333. The lowest BCUT2D eigenvalue weighted by molar-refractivity contribution is 0.355. The van der Waals surface area contributed by atoms with Crippen LogP contribution in [0.3, 0.4) is 0 Å². The maximum absolute atomic E-state index is 13.4. The third kappa shape index (κ3) is 5.26. The molecule has 0 radical (unpaired) electrons. The van der Waals surface area contributed by atoms with E-state index in [0.29, 0.717) is 39.8 Å². The van der Waals surface area contributed by atoms with Gasteiger partial charge in [-0.2, -0.15) is 0 Å². The van der Waals surface area contributed by atoms with Gasteiger partial charge in [-0.3, -0.25) is 0 Å². The fourth-order valence-corrected chi connectivity index (χ4v) is 6.12. The third-order valence-electron chi connectivity index (χ3n) is 6.33. The first-order chi connectivity index (χ1) is 17.3. The van der Waals surface area contributed by atoms with Gasteiger partial charge in [0.2, 0.25) is 0 Å². The number of hydrogen-bond acceptors (Lipinski definition) is 7. The van der Waals surface area contributed by atoms with Gasteiger partial charge in [0, 0.05) is 54.9 Å². The Hall–Kier alpha value is -2.94. The third-order valence-corrected chi connectivity index (χ3v) is 7.78. The molecule has 192 valence electrons. The molecule has 1 aliphatic rings. The van der Waals surface area contributed by atoms with Crippen LogP contribution in [0.15, 0.2) is 53.4 Å². The normalized spacial score (nSPS) is 14.0. The number of piperazine rings is 1. The van der Waals surface area contributed by atoms with Crippen LogP contribution in [0.2, 0.25) is 5.02 Å². The number of benzene rings is 3. The summed E-state index contributed by atoms with van der Waals surface area (Å²) >= 11 is 6.56. The van der Waals surface area contributed by atoms with Crippen molar-refractivity contribution in [2.45, 2.75) is 18.2 Å². The van der Waals surface area contributed by atoms with E-state index in [0.717, 1.165) is 43.1 Å². The Morgan fingerprint density at radius 3 is 2.33 bits per heavy atom. The number of halogens is 1. The molecule has 0 spiro atoms. The van der Waals surface area contributed by atoms with E-state index in [1.807, 2.05) is 36.4 Å². The second-order valence-corrected chi connectivity index (χ2v) is 11.0. The van der Waals surface area contributed by atoms with Gasteiger partial charge >= 0.3 is 0 Å². The molecule has 0 aliphatic carbocycles. The average Bonchev–Trinajstić information content (AvgIpc) is 2.87. The van der Waals surface area contributed by atoms with Crippen molar-refractivity contribution < 1.29 is 17.9 Å². The van der Waals surface area contributed by atoms with Gasteiger partial charge in [0.15, 0.2) is 21.3 Å². The van der Waals surface area contributed by atoms with Crippen LogP contribution in [0, 0.1) is 0 Å². The summed E-state index contributed by atoms with van der Waals surface area (Å²) in [6.45, 7) is 5.41. The van der Waals surface area contributed by atoms with E-state index < -0.39 is 9.84 Å². The number of sulfone groups is 1. The molecule has 9 heteroatoms. The first-order valence-corrected chi connectivity index (χ1v) is 14.1. The van der Waals surface area contributed by atoms with Crippen molar-refractivity contribution in [3.8, 4) is 22.6 Å². The number of para-hydroxylation sites is 1. The SMILES string of the molecule is CCc1c(N2CCNCC2)cc(-c2cc(Cl)c(OC)c(OC)c2)c(S(C)(=O)=O)c1Nc1ccccc1. The maximum Gasteiger partial charge on any atom is 0.179 e. The van der Waals surface area contributed by atoms with Gasteiger partial charge in [0.1, 0.15) is 0 Å². The van der Waals surface area contributed by atoms with E-state index in [4.69, 9.17) is 21.1 Å². The molecular formula is C27H32ClN3O4S. The number of anilines is 3. The zero-order valence-electron chi connectivity index (χ0n) is 21.0. The van der Waals surface area contributed by atoms with Crippen molar-refractivity contribution in [3.63, 3.8) is 0 Å². The Labute approximate surface area is 218 Å². The molecule has 4 rings (SSSR count). The second kappa shape index (κ2) is 11.0. The summed E-state index contributed by atoms with van der Waals surface area (Å²) in [6.07, 6.45) is 1.90. The lowest BCUT2D eigenvalue weighted by Crippen LogP contribution is -2.44. The van der Waals surface area contributed by atoms with Crippen LogP contribution in [-0.2, 0) is 16.3 Å². The van der Waals surface area contributed by atoms with E-state index in [-0.39, 0.29) is 4.90 Å². The van der Waals surface area contributed by atoms with Gasteiger partial charge in [-0.05, 0) is 42.3 Å². The largest absolute Gasteiger partial charge is 0.493 e. The Bertz CT molecular complexity index is 1340. The topological polar surface area (TPSA) is 79.9 Å². The Morgan fingerprint density at radius 2 is 1.75 bits per heavy atom. The number of nitrogens with zero attached hydrogens (tertiary/aromatic N) is 1. The van der Waals surface area contributed by atoms with Crippen LogP contribution in [0.1, 0.15) is 12.5 Å². The molecular weight excluding hydrogens is 498 g/mol. The van der Waals surface area contributed by atoms with Gasteiger partial charge in [-0.25, -0.2) is 8.42 Å². The smallest absolute Gasteiger partial charge is 0.179 e. The monoisotopic (exact) mass is 529 g/mol. The van der Waals surface area contributed by atoms with E-state index in [2.05, 4.69) is 22.5 Å². The van der Waals surface area contributed by atoms with Crippen LogP contribution < -0.4 is 25.0 Å². The molecule has 7 nitrogen and oxygen atoms in total. The molecule has 3 aromatic carbocycles. The number of hydrogen-bond donors (Lipinski definition) is 2. The zero-order chi connectivity index (χ0) is 25.9. The summed E-state index contributed by atoms with van der Waals surface area (Å²) in [5.74, 6) is 0.833. The molecule has 0 aromatic heterocycles. The first-order valence-electron chi connectivity index (χ1n) is 11.9. The molecule has 0 saturated carbocycles. The minimum absolute atomic E-state index is 0.227. The molecule has 2 N–H and O–H groups in total. The Balaban J connectivity index is 2.07. The lowest BCUT2D eigenvalue weighted by atomic mass is 9.97. The van der Waals surface area contributed by atoms with Crippen LogP contribution in [0.25, 0.3) is 11.1 Å². The summed E-state index contributed by atoms with van der Waals surface area (Å²) in [6, 6.07) is 15.1. The summed E-state index contributed by atoms with van der Waals surface area (Å²) in [4.78, 5) is 2.54. The molecule has 0 unspecified atom stereocenters. The van der Waals surface area contributed by atoms with Crippen molar-refractivity contribution >= 4 is 38.5 Å². The Kier molecular flexibility index (Phi) is 7.97. The van der Waals surface area contributed by atoms with Crippen LogP contribution >= 0.6 is 11.6 Å². The highest BCUT2D eigenvalue weighted by Gasteiger charge is 2.28. The zero-order valence-corrected chi connectivity index (χ0v) is 22.6. The predicted molar refractivity (Wildman–Crippen MR) is 147 cm³/mol. The molecule has 3 aromatic rings. The number of ether oxygens (including phenoxy) is 2. The number of methoxy groups -OCH3 is 2. The van der Waals surface area contributed by atoms with Crippen molar-refractivity contribution in [1.29, 1.82) is 0 Å². The highest BCUT2D eigenvalue weighted by atomic mass is 35.5. The van der Waals surface area contributed by atoms with E-state index >= 15 is 0 Å². The summed E-state index contributed by atoms with van der Waals surface area (Å²) in [7, 11) is -0.618. The van der Waals surface area contributed by atoms with Crippen molar-refractivity contribution in [3.05, 3.63) is 59.1 Å². The van der Waals surface area contributed by atoms with Gasteiger partial charge in [-0.15, -0.1) is 0 Å². The first kappa shape index (κ1) is 26.1. The number of nitrogens with one attached hydrogen (secondary N) is 2. The van der Waals surface area contributed by atoms with Crippen LogP contribution in [0.4, 0.5) is 17.1 Å². The van der Waals surface area contributed by atoms with E-state index in [9.17, 15) is 8.42 Å². The number of rotatable bonds is 8. The fourth-order valence-electron chi connectivity index (χ4n) is 4.71. The molecule has 0 atom stereocenters. The van der Waals surface area contributed by atoms with Gasteiger partial charge in [-0.1, -0.05) is 36.7 Å². The minimum atomic E-state index is -3.67. The van der Waals surface area contributed by atoms with Gasteiger partial charge in [0.25, 0.3) is 0 Å². The summed E-state index contributed by atoms with van der Waals surface area (Å²) < 4.78 is 37.7.